The molecule has 0 radical (unpaired) electrons. The lowest BCUT2D eigenvalue weighted by Crippen LogP contribution is -2.14. The second-order valence-electron chi connectivity index (χ2n) is 4.14. The topological polar surface area (TPSA) is 24.9 Å². The summed E-state index contributed by atoms with van der Waals surface area (Å²) < 4.78 is 0. The van der Waals surface area contributed by atoms with Crippen LogP contribution in [0.2, 0.25) is 0 Å². The molecule has 2 nitrogen and oxygen atoms in total. The Balaban J connectivity index is 2.13. The molecule has 0 saturated carbocycles. The van der Waals surface area contributed by atoms with Gasteiger partial charge in [0.15, 0.2) is 0 Å². The number of benzene rings is 1. The van der Waals surface area contributed by atoms with Crippen molar-refractivity contribution in [3.05, 3.63) is 36.5 Å². The Labute approximate surface area is 107 Å². The molecule has 1 aromatic heterocycles. The highest BCUT2D eigenvalue weighted by atomic mass is 35.5. The molecule has 17 heavy (non-hydrogen) atoms. The number of pyridine rings is 1. The Morgan fingerprint density at radius 2 is 2.12 bits per heavy atom. The van der Waals surface area contributed by atoms with Crippen molar-refractivity contribution in [1.82, 2.24) is 4.98 Å². The molecule has 3 heteroatoms. The van der Waals surface area contributed by atoms with E-state index in [-0.39, 0.29) is 5.38 Å². The van der Waals surface area contributed by atoms with Gasteiger partial charge >= 0.3 is 0 Å². The molecule has 0 aliphatic rings. The Hall–Kier alpha value is -1.28. The maximum Gasteiger partial charge on any atom is 0.0722 e. The number of rotatable bonds is 5. The van der Waals surface area contributed by atoms with Gasteiger partial charge in [0.2, 0.25) is 0 Å². The standard InChI is InChI=1S/C14H17ClN2/c1-2-5-11(15)10-17-14-8-9-16-13-7-4-3-6-12(13)14/h3-4,6-9,11H,2,5,10H2,1H3,(H,16,17). The van der Waals surface area contributed by atoms with Gasteiger partial charge in [0.25, 0.3) is 0 Å². The molecule has 2 rings (SSSR count). The summed E-state index contributed by atoms with van der Waals surface area (Å²) in [6, 6.07) is 10.1. The molecule has 0 saturated heterocycles. The van der Waals surface area contributed by atoms with Crippen molar-refractivity contribution >= 4 is 28.2 Å². The van der Waals surface area contributed by atoms with E-state index in [1.807, 2.05) is 30.5 Å². The summed E-state index contributed by atoms with van der Waals surface area (Å²) in [7, 11) is 0. The third kappa shape index (κ3) is 3.10. The summed E-state index contributed by atoms with van der Waals surface area (Å²) in [4.78, 5) is 4.33. The molecule has 0 bridgehead atoms. The number of nitrogens with zero attached hydrogens (tertiary/aromatic N) is 1. The minimum Gasteiger partial charge on any atom is -0.383 e. The largest absolute Gasteiger partial charge is 0.383 e. The first kappa shape index (κ1) is 12.2. The molecule has 0 aliphatic heterocycles. The van der Waals surface area contributed by atoms with Crippen LogP contribution >= 0.6 is 11.6 Å². The second kappa shape index (κ2) is 5.87. The second-order valence-corrected chi connectivity index (χ2v) is 4.76. The first-order chi connectivity index (χ1) is 8.31. The fourth-order valence-electron chi connectivity index (χ4n) is 1.89. The summed E-state index contributed by atoms with van der Waals surface area (Å²) in [5.74, 6) is 0. The van der Waals surface area contributed by atoms with E-state index >= 15 is 0 Å². The smallest absolute Gasteiger partial charge is 0.0722 e. The highest BCUT2D eigenvalue weighted by Crippen LogP contribution is 2.21. The molecule has 1 unspecified atom stereocenters. The Kier molecular flexibility index (Phi) is 4.21. The number of anilines is 1. The van der Waals surface area contributed by atoms with Crippen molar-refractivity contribution in [2.45, 2.75) is 25.1 Å². The predicted molar refractivity (Wildman–Crippen MR) is 74.8 cm³/mol. The monoisotopic (exact) mass is 248 g/mol. The molecule has 1 N–H and O–H groups in total. The van der Waals surface area contributed by atoms with Crippen LogP contribution in [0.4, 0.5) is 5.69 Å². The number of para-hydroxylation sites is 1. The third-order valence-electron chi connectivity index (χ3n) is 2.76. The maximum absolute atomic E-state index is 6.20. The van der Waals surface area contributed by atoms with E-state index in [1.54, 1.807) is 0 Å². The normalized spacial score (nSPS) is 12.6. The van der Waals surface area contributed by atoms with Crippen LogP contribution in [0.15, 0.2) is 36.5 Å². The number of alkyl halides is 1. The summed E-state index contributed by atoms with van der Waals surface area (Å²) in [5.41, 5.74) is 2.12. The zero-order chi connectivity index (χ0) is 12.1. The van der Waals surface area contributed by atoms with Gasteiger partial charge in [0.05, 0.1) is 10.9 Å². The summed E-state index contributed by atoms with van der Waals surface area (Å²) >= 11 is 6.20. The van der Waals surface area contributed by atoms with E-state index in [9.17, 15) is 0 Å². The number of aromatic nitrogens is 1. The lowest BCUT2D eigenvalue weighted by Gasteiger charge is -2.12. The van der Waals surface area contributed by atoms with Crippen molar-refractivity contribution in [2.24, 2.45) is 0 Å². The van der Waals surface area contributed by atoms with Gasteiger partial charge in [-0.25, -0.2) is 0 Å². The van der Waals surface area contributed by atoms with E-state index < -0.39 is 0 Å². The number of hydrogen-bond acceptors (Lipinski definition) is 2. The summed E-state index contributed by atoms with van der Waals surface area (Å²) in [6.07, 6.45) is 3.98. The van der Waals surface area contributed by atoms with Crippen molar-refractivity contribution in [2.75, 3.05) is 11.9 Å². The van der Waals surface area contributed by atoms with Crippen LogP contribution in [0.3, 0.4) is 0 Å². The fourth-order valence-corrected chi connectivity index (χ4v) is 2.18. The molecule has 2 aromatic rings. The highest BCUT2D eigenvalue weighted by Gasteiger charge is 2.05. The molecule has 0 amide bonds. The number of hydrogen-bond donors (Lipinski definition) is 1. The molecule has 0 aliphatic carbocycles. The predicted octanol–water partition coefficient (Wildman–Crippen LogP) is 4.05. The average molecular weight is 249 g/mol. The van der Waals surface area contributed by atoms with Crippen LogP contribution in [0.25, 0.3) is 10.9 Å². The van der Waals surface area contributed by atoms with E-state index in [2.05, 4.69) is 23.3 Å². The lowest BCUT2D eigenvalue weighted by molar-refractivity contribution is 0.752. The van der Waals surface area contributed by atoms with Crippen LogP contribution in [0, 0.1) is 0 Å². The van der Waals surface area contributed by atoms with Gasteiger partial charge < -0.3 is 5.32 Å². The zero-order valence-electron chi connectivity index (χ0n) is 9.99. The van der Waals surface area contributed by atoms with Crippen molar-refractivity contribution < 1.29 is 0 Å². The average Bonchev–Trinajstić information content (AvgIpc) is 2.36. The fraction of sp³-hybridized carbons (Fsp3) is 0.357. The SMILES string of the molecule is CCCC(Cl)CNc1ccnc2ccccc12. The van der Waals surface area contributed by atoms with E-state index in [0.29, 0.717) is 0 Å². The van der Waals surface area contributed by atoms with Gasteiger partial charge in [-0.3, -0.25) is 4.98 Å². The molecule has 1 atom stereocenters. The Morgan fingerprint density at radius 3 is 2.94 bits per heavy atom. The molecular weight excluding hydrogens is 232 g/mol. The third-order valence-corrected chi connectivity index (χ3v) is 3.14. The van der Waals surface area contributed by atoms with Crippen molar-refractivity contribution in [1.29, 1.82) is 0 Å². The van der Waals surface area contributed by atoms with Crippen LogP contribution in [0.5, 0.6) is 0 Å². The quantitative estimate of drug-likeness (QED) is 0.808. The van der Waals surface area contributed by atoms with Gasteiger partial charge in [0, 0.05) is 23.8 Å². The number of halogens is 1. The van der Waals surface area contributed by atoms with Crippen molar-refractivity contribution in [3.8, 4) is 0 Å². The molecular formula is C14H17ClN2. The summed E-state index contributed by atoms with van der Waals surface area (Å²) in [5, 5.41) is 4.74. The van der Waals surface area contributed by atoms with Gasteiger partial charge in [0.1, 0.15) is 0 Å². The van der Waals surface area contributed by atoms with Gasteiger partial charge in [-0.15, -0.1) is 11.6 Å². The Bertz CT molecular complexity index is 479. The molecule has 0 fully saturated rings. The van der Waals surface area contributed by atoms with Crippen LogP contribution in [0.1, 0.15) is 19.8 Å². The van der Waals surface area contributed by atoms with Crippen LogP contribution in [-0.4, -0.2) is 16.9 Å². The highest BCUT2D eigenvalue weighted by molar-refractivity contribution is 6.20. The van der Waals surface area contributed by atoms with Gasteiger partial charge in [-0.1, -0.05) is 31.5 Å². The number of fused-ring (bicyclic) bond motifs is 1. The zero-order valence-corrected chi connectivity index (χ0v) is 10.7. The minimum atomic E-state index is 0.187. The van der Waals surface area contributed by atoms with Crippen LogP contribution in [-0.2, 0) is 0 Å². The van der Waals surface area contributed by atoms with Gasteiger partial charge in [-0.2, -0.15) is 0 Å². The van der Waals surface area contributed by atoms with E-state index in [1.165, 1.54) is 0 Å². The van der Waals surface area contributed by atoms with E-state index in [4.69, 9.17) is 11.6 Å². The van der Waals surface area contributed by atoms with Crippen molar-refractivity contribution in [3.63, 3.8) is 0 Å². The first-order valence-corrected chi connectivity index (χ1v) is 6.46. The maximum atomic E-state index is 6.20. The molecule has 90 valence electrons. The first-order valence-electron chi connectivity index (χ1n) is 6.03. The molecule has 1 heterocycles. The Morgan fingerprint density at radius 1 is 1.29 bits per heavy atom. The summed E-state index contributed by atoms with van der Waals surface area (Å²) in [6.45, 7) is 2.95. The molecule has 0 spiro atoms. The molecule has 1 aromatic carbocycles. The minimum absolute atomic E-state index is 0.187. The van der Waals surface area contributed by atoms with Gasteiger partial charge in [-0.05, 0) is 18.6 Å². The lowest BCUT2D eigenvalue weighted by atomic mass is 10.2. The number of nitrogens with one attached hydrogen (secondary N) is 1. The van der Waals surface area contributed by atoms with Crippen LogP contribution < -0.4 is 5.32 Å². The van der Waals surface area contributed by atoms with E-state index in [0.717, 1.165) is 36.0 Å².